The van der Waals surface area contributed by atoms with E-state index in [9.17, 15) is 0 Å². The fourth-order valence-corrected chi connectivity index (χ4v) is 2.90. The summed E-state index contributed by atoms with van der Waals surface area (Å²) in [5, 5.41) is 5.34. The van der Waals surface area contributed by atoms with E-state index in [1.807, 2.05) is 42.5 Å². The number of nitrogens with zero attached hydrogens (tertiary/aromatic N) is 3. The Hall–Kier alpha value is -3.61. The van der Waals surface area contributed by atoms with Crippen LogP contribution in [0.15, 0.2) is 53.9 Å². The first-order chi connectivity index (χ1) is 12.8. The van der Waals surface area contributed by atoms with Crippen molar-refractivity contribution in [3.05, 3.63) is 54.4 Å². The van der Waals surface area contributed by atoms with Crippen LogP contribution in [0.5, 0.6) is 11.5 Å². The Morgan fingerprint density at radius 3 is 2.77 bits per heavy atom. The normalized spacial score (nSPS) is 11.3. The van der Waals surface area contributed by atoms with Crippen LogP contribution in [-0.2, 0) is 0 Å². The fourth-order valence-electron chi connectivity index (χ4n) is 2.90. The summed E-state index contributed by atoms with van der Waals surface area (Å²) >= 11 is 0. The van der Waals surface area contributed by atoms with Gasteiger partial charge in [0.25, 0.3) is 0 Å². The van der Waals surface area contributed by atoms with E-state index in [2.05, 4.69) is 25.5 Å². The molecule has 0 aliphatic rings. The van der Waals surface area contributed by atoms with Gasteiger partial charge in [0, 0.05) is 16.5 Å². The molecule has 0 spiro atoms. The SMILES string of the molecule is COc1cccc(/C=N\Nc2ncnc3c2[nH]c2ccccc23)c1OC. The quantitative estimate of drug-likeness (QED) is 0.426. The lowest BCUT2D eigenvalue weighted by Crippen LogP contribution is -1.98. The van der Waals surface area contributed by atoms with Crippen molar-refractivity contribution in [1.82, 2.24) is 15.0 Å². The lowest BCUT2D eigenvalue weighted by atomic mass is 10.2. The smallest absolute Gasteiger partial charge is 0.174 e. The molecular formula is C19H17N5O2. The Labute approximate surface area is 149 Å². The zero-order valence-electron chi connectivity index (χ0n) is 14.4. The van der Waals surface area contributed by atoms with E-state index >= 15 is 0 Å². The molecule has 2 heterocycles. The summed E-state index contributed by atoms with van der Waals surface area (Å²) in [4.78, 5) is 12.0. The van der Waals surface area contributed by atoms with Crippen molar-refractivity contribution in [2.45, 2.75) is 0 Å². The molecule has 0 amide bonds. The van der Waals surface area contributed by atoms with E-state index in [1.54, 1.807) is 20.4 Å². The summed E-state index contributed by atoms with van der Waals surface area (Å²) in [6.45, 7) is 0. The first-order valence-electron chi connectivity index (χ1n) is 8.03. The van der Waals surface area contributed by atoms with Crippen molar-refractivity contribution in [2.24, 2.45) is 5.10 Å². The highest BCUT2D eigenvalue weighted by atomic mass is 16.5. The van der Waals surface area contributed by atoms with Crippen LogP contribution >= 0.6 is 0 Å². The molecule has 0 aliphatic heterocycles. The average Bonchev–Trinajstić information content (AvgIpc) is 3.07. The van der Waals surface area contributed by atoms with Crippen molar-refractivity contribution in [1.29, 1.82) is 0 Å². The van der Waals surface area contributed by atoms with Crippen LogP contribution in [0.25, 0.3) is 21.9 Å². The van der Waals surface area contributed by atoms with Crippen LogP contribution in [-0.4, -0.2) is 35.4 Å². The highest BCUT2D eigenvalue weighted by Crippen LogP contribution is 2.30. The maximum atomic E-state index is 5.40. The molecule has 0 radical (unpaired) electrons. The molecule has 4 rings (SSSR count). The van der Waals surface area contributed by atoms with Gasteiger partial charge in [0.05, 0.1) is 20.4 Å². The molecule has 2 aromatic heterocycles. The Morgan fingerprint density at radius 2 is 1.92 bits per heavy atom. The van der Waals surface area contributed by atoms with Crippen LogP contribution < -0.4 is 14.9 Å². The average molecular weight is 347 g/mol. The number of para-hydroxylation sites is 2. The Balaban J connectivity index is 1.67. The highest BCUT2D eigenvalue weighted by molar-refractivity contribution is 6.08. The van der Waals surface area contributed by atoms with Crippen molar-refractivity contribution in [3.8, 4) is 11.5 Å². The number of aromatic amines is 1. The lowest BCUT2D eigenvalue weighted by molar-refractivity contribution is 0.354. The maximum absolute atomic E-state index is 5.40. The van der Waals surface area contributed by atoms with Gasteiger partial charge in [-0.3, -0.25) is 5.43 Å². The molecule has 0 unspecified atom stereocenters. The predicted octanol–water partition coefficient (Wildman–Crippen LogP) is 3.57. The van der Waals surface area contributed by atoms with E-state index in [-0.39, 0.29) is 0 Å². The number of hydrogen-bond donors (Lipinski definition) is 2. The number of rotatable bonds is 5. The minimum atomic E-state index is 0.601. The summed E-state index contributed by atoms with van der Waals surface area (Å²) in [7, 11) is 3.20. The van der Waals surface area contributed by atoms with Crippen molar-refractivity contribution >= 4 is 34.0 Å². The number of aromatic nitrogens is 3. The number of hydrogen-bond acceptors (Lipinski definition) is 6. The van der Waals surface area contributed by atoms with Crippen molar-refractivity contribution in [2.75, 3.05) is 19.6 Å². The molecule has 7 nitrogen and oxygen atoms in total. The molecule has 26 heavy (non-hydrogen) atoms. The minimum Gasteiger partial charge on any atom is -0.493 e. The molecule has 2 N–H and O–H groups in total. The Kier molecular flexibility index (Phi) is 4.10. The van der Waals surface area contributed by atoms with Gasteiger partial charge in [-0.25, -0.2) is 9.97 Å². The second kappa shape index (κ2) is 6.72. The van der Waals surface area contributed by atoms with Gasteiger partial charge in [-0.2, -0.15) is 5.10 Å². The van der Waals surface area contributed by atoms with Crippen LogP contribution in [0.2, 0.25) is 0 Å². The number of fused-ring (bicyclic) bond motifs is 3. The van der Waals surface area contributed by atoms with Gasteiger partial charge >= 0.3 is 0 Å². The van der Waals surface area contributed by atoms with Crippen LogP contribution in [0.4, 0.5) is 5.82 Å². The largest absolute Gasteiger partial charge is 0.493 e. The van der Waals surface area contributed by atoms with Crippen molar-refractivity contribution < 1.29 is 9.47 Å². The van der Waals surface area contributed by atoms with Crippen LogP contribution in [0.3, 0.4) is 0 Å². The van der Waals surface area contributed by atoms with Crippen LogP contribution in [0.1, 0.15) is 5.56 Å². The Bertz CT molecular complexity index is 1100. The molecule has 0 atom stereocenters. The summed E-state index contributed by atoms with van der Waals surface area (Å²) in [5.74, 6) is 1.87. The molecule has 0 aliphatic carbocycles. The molecule has 0 saturated carbocycles. The van der Waals surface area contributed by atoms with E-state index in [4.69, 9.17) is 9.47 Å². The highest BCUT2D eigenvalue weighted by Gasteiger charge is 2.10. The van der Waals surface area contributed by atoms with Gasteiger partial charge in [0.2, 0.25) is 0 Å². The number of anilines is 1. The van der Waals surface area contributed by atoms with Gasteiger partial charge in [0.1, 0.15) is 17.4 Å². The third-order valence-electron chi connectivity index (χ3n) is 4.10. The number of nitrogens with one attached hydrogen (secondary N) is 2. The second-order valence-electron chi connectivity index (χ2n) is 5.57. The second-order valence-corrected chi connectivity index (χ2v) is 5.57. The summed E-state index contributed by atoms with van der Waals surface area (Å²) in [6, 6.07) is 13.6. The zero-order valence-corrected chi connectivity index (χ0v) is 14.4. The Morgan fingerprint density at radius 1 is 1.04 bits per heavy atom. The summed E-state index contributed by atoms with van der Waals surface area (Å²) in [6.07, 6.45) is 3.19. The first kappa shape index (κ1) is 15.9. The third-order valence-corrected chi connectivity index (χ3v) is 4.10. The van der Waals surface area contributed by atoms with E-state index in [1.165, 1.54) is 6.33 Å². The molecule has 0 bridgehead atoms. The number of methoxy groups -OCH3 is 2. The standard InChI is InChI=1S/C19H17N5O2/c1-25-15-9-5-6-12(18(15)26-2)10-22-24-19-17-16(20-11-21-19)13-7-3-4-8-14(13)23-17/h3-11,23H,1-2H3,(H,20,21,24)/b22-10-. The van der Waals surface area contributed by atoms with E-state index in [0.29, 0.717) is 17.3 Å². The maximum Gasteiger partial charge on any atom is 0.174 e. The monoisotopic (exact) mass is 347 g/mol. The van der Waals surface area contributed by atoms with Gasteiger partial charge in [-0.1, -0.05) is 24.3 Å². The molecule has 0 fully saturated rings. The van der Waals surface area contributed by atoms with Gasteiger partial charge in [-0.05, 0) is 18.2 Å². The van der Waals surface area contributed by atoms with Gasteiger partial charge < -0.3 is 14.5 Å². The fraction of sp³-hybridized carbons (Fsp3) is 0.105. The molecular weight excluding hydrogens is 330 g/mol. The molecule has 7 heteroatoms. The predicted molar refractivity (Wildman–Crippen MR) is 102 cm³/mol. The number of H-pyrrole nitrogens is 1. The molecule has 4 aromatic rings. The molecule has 2 aromatic carbocycles. The molecule has 130 valence electrons. The van der Waals surface area contributed by atoms with Crippen LogP contribution in [0, 0.1) is 0 Å². The van der Waals surface area contributed by atoms with E-state index in [0.717, 1.165) is 27.5 Å². The first-order valence-corrected chi connectivity index (χ1v) is 8.03. The van der Waals surface area contributed by atoms with Crippen molar-refractivity contribution in [3.63, 3.8) is 0 Å². The summed E-state index contributed by atoms with van der Waals surface area (Å²) in [5.41, 5.74) is 6.44. The number of hydrazone groups is 1. The number of benzene rings is 2. The van der Waals surface area contributed by atoms with E-state index < -0.39 is 0 Å². The lowest BCUT2D eigenvalue weighted by Gasteiger charge is -2.09. The summed E-state index contributed by atoms with van der Waals surface area (Å²) < 4.78 is 10.7. The third kappa shape index (κ3) is 2.69. The molecule has 0 saturated heterocycles. The topological polar surface area (TPSA) is 84.4 Å². The van der Waals surface area contributed by atoms with Gasteiger partial charge in [-0.15, -0.1) is 0 Å². The van der Waals surface area contributed by atoms with Gasteiger partial charge in [0.15, 0.2) is 17.3 Å². The zero-order chi connectivity index (χ0) is 17.9. The number of ether oxygens (including phenoxy) is 2. The minimum absolute atomic E-state index is 0.601.